The number of nitrogens with one attached hydrogen (secondary N) is 1. The van der Waals surface area contributed by atoms with E-state index in [9.17, 15) is 18.3 Å². The van der Waals surface area contributed by atoms with Crippen molar-refractivity contribution < 1.29 is 22.7 Å². The zero-order valence-corrected chi connectivity index (χ0v) is 12.6. The van der Waals surface area contributed by atoms with E-state index in [4.69, 9.17) is 4.42 Å². The summed E-state index contributed by atoms with van der Waals surface area (Å²) in [5.74, 6) is -1.52. The molecule has 2 aromatic rings. The summed E-state index contributed by atoms with van der Waals surface area (Å²) in [6, 6.07) is 5.18. The molecule has 0 aliphatic rings. The summed E-state index contributed by atoms with van der Waals surface area (Å²) in [6.07, 6.45) is 1.94. The van der Waals surface area contributed by atoms with Crippen LogP contribution < -0.4 is 4.72 Å². The molecule has 2 atom stereocenters. The Morgan fingerprint density at radius 2 is 2.10 bits per heavy atom. The van der Waals surface area contributed by atoms with Gasteiger partial charge < -0.3 is 9.52 Å². The normalized spacial score (nSPS) is 15.0. The number of furan rings is 1. The number of hydrogen-bond donors (Lipinski definition) is 2. The Labute approximate surface area is 122 Å². The Kier molecular flexibility index (Phi) is 4.34. The number of aliphatic carboxylic acids is 1. The van der Waals surface area contributed by atoms with Gasteiger partial charge in [-0.1, -0.05) is 32.4 Å². The van der Waals surface area contributed by atoms with Crippen LogP contribution in [0.5, 0.6) is 0 Å². The summed E-state index contributed by atoms with van der Waals surface area (Å²) in [5, 5.41) is 9.85. The van der Waals surface area contributed by atoms with Gasteiger partial charge in [0.25, 0.3) is 0 Å². The van der Waals surface area contributed by atoms with E-state index in [-0.39, 0.29) is 16.4 Å². The first-order valence-corrected chi connectivity index (χ1v) is 8.06. The second-order valence-corrected chi connectivity index (χ2v) is 6.60. The molecule has 0 fully saturated rings. The van der Waals surface area contributed by atoms with Crippen molar-refractivity contribution in [2.45, 2.75) is 31.2 Å². The fourth-order valence-electron chi connectivity index (χ4n) is 2.05. The van der Waals surface area contributed by atoms with Gasteiger partial charge in [0.05, 0.1) is 6.26 Å². The van der Waals surface area contributed by atoms with Crippen molar-refractivity contribution in [1.82, 2.24) is 4.72 Å². The molecule has 6 nitrogen and oxygen atoms in total. The van der Waals surface area contributed by atoms with Crippen molar-refractivity contribution in [3.05, 3.63) is 30.5 Å². The summed E-state index contributed by atoms with van der Waals surface area (Å²) in [7, 11) is -3.98. The largest absolute Gasteiger partial charge is 0.480 e. The number of carboxylic acid groups (broad SMARTS) is 1. The third-order valence-corrected chi connectivity index (χ3v) is 4.96. The fourth-order valence-corrected chi connectivity index (χ4v) is 3.52. The molecule has 0 aliphatic carbocycles. The third-order valence-electron chi connectivity index (χ3n) is 3.49. The molecule has 114 valence electrons. The molecule has 1 aromatic heterocycles. The predicted octanol–water partition coefficient (Wildman–Crippen LogP) is 2.21. The van der Waals surface area contributed by atoms with Crippen molar-refractivity contribution >= 4 is 27.0 Å². The highest BCUT2D eigenvalue weighted by Gasteiger charge is 2.30. The van der Waals surface area contributed by atoms with Crippen LogP contribution in [0.1, 0.15) is 20.3 Å². The highest BCUT2D eigenvalue weighted by Crippen LogP contribution is 2.24. The van der Waals surface area contributed by atoms with Gasteiger partial charge in [-0.3, -0.25) is 4.79 Å². The summed E-state index contributed by atoms with van der Waals surface area (Å²) >= 11 is 0. The molecule has 0 saturated carbocycles. The highest BCUT2D eigenvalue weighted by molar-refractivity contribution is 7.89. The van der Waals surface area contributed by atoms with E-state index >= 15 is 0 Å². The molecule has 1 aromatic carbocycles. The maximum Gasteiger partial charge on any atom is 0.322 e. The van der Waals surface area contributed by atoms with Crippen molar-refractivity contribution in [3.8, 4) is 0 Å². The number of para-hydroxylation sites is 1. The lowest BCUT2D eigenvalue weighted by atomic mass is 10.0. The molecule has 0 spiro atoms. The van der Waals surface area contributed by atoms with Gasteiger partial charge in [0.1, 0.15) is 10.9 Å². The Morgan fingerprint density at radius 1 is 1.38 bits per heavy atom. The average Bonchev–Trinajstić information content (AvgIpc) is 2.91. The van der Waals surface area contributed by atoms with E-state index in [1.54, 1.807) is 25.1 Å². The molecular formula is C14H17NO5S. The average molecular weight is 311 g/mol. The van der Waals surface area contributed by atoms with Gasteiger partial charge in [-0.25, -0.2) is 8.42 Å². The lowest BCUT2D eigenvalue weighted by Gasteiger charge is -2.20. The number of rotatable bonds is 6. The minimum absolute atomic E-state index is 0.0560. The number of carboxylic acids is 1. The SMILES string of the molecule is CC[C@H](C)[C@H](NS(=O)(=O)c1cccc2ccoc12)C(=O)O. The van der Waals surface area contributed by atoms with Gasteiger partial charge in [0.15, 0.2) is 5.58 Å². The second-order valence-electron chi connectivity index (χ2n) is 4.92. The lowest BCUT2D eigenvalue weighted by molar-refractivity contribution is -0.140. The van der Waals surface area contributed by atoms with Crippen LogP contribution in [-0.2, 0) is 14.8 Å². The van der Waals surface area contributed by atoms with Crippen LogP contribution in [0, 0.1) is 5.92 Å². The number of carbonyl (C=O) groups is 1. The van der Waals surface area contributed by atoms with Gasteiger partial charge in [-0.2, -0.15) is 4.72 Å². The first-order valence-electron chi connectivity index (χ1n) is 6.58. The lowest BCUT2D eigenvalue weighted by Crippen LogP contribution is -2.44. The van der Waals surface area contributed by atoms with Crippen molar-refractivity contribution in [2.24, 2.45) is 5.92 Å². The maximum absolute atomic E-state index is 12.4. The van der Waals surface area contributed by atoms with E-state index in [2.05, 4.69) is 4.72 Å². The minimum atomic E-state index is -3.98. The first kappa shape index (κ1) is 15.5. The van der Waals surface area contributed by atoms with E-state index in [0.29, 0.717) is 11.8 Å². The topological polar surface area (TPSA) is 96.6 Å². The Balaban J connectivity index is 2.42. The quantitative estimate of drug-likeness (QED) is 0.852. The second kappa shape index (κ2) is 5.87. The zero-order valence-electron chi connectivity index (χ0n) is 11.7. The van der Waals surface area contributed by atoms with Gasteiger partial charge in [-0.15, -0.1) is 0 Å². The Morgan fingerprint density at radius 3 is 2.71 bits per heavy atom. The van der Waals surface area contributed by atoms with Crippen LogP contribution in [0.4, 0.5) is 0 Å². The zero-order chi connectivity index (χ0) is 15.6. The maximum atomic E-state index is 12.4. The smallest absolute Gasteiger partial charge is 0.322 e. The van der Waals surface area contributed by atoms with Crippen molar-refractivity contribution in [2.75, 3.05) is 0 Å². The van der Waals surface area contributed by atoms with E-state index in [1.165, 1.54) is 12.3 Å². The molecular weight excluding hydrogens is 294 g/mol. The summed E-state index contributed by atoms with van der Waals surface area (Å²) < 4.78 is 32.3. The van der Waals surface area contributed by atoms with Gasteiger partial charge in [-0.05, 0) is 18.1 Å². The molecule has 0 saturated heterocycles. The van der Waals surface area contributed by atoms with E-state index < -0.39 is 22.0 Å². The van der Waals surface area contributed by atoms with Crippen LogP contribution in [0.3, 0.4) is 0 Å². The summed E-state index contributed by atoms with van der Waals surface area (Å²) in [5.41, 5.74) is 0.221. The molecule has 1 heterocycles. The number of sulfonamides is 1. The minimum Gasteiger partial charge on any atom is -0.480 e. The number of hydrogen-bond acceptors (Lipinski definition) is 4. The van der Waals surface area contributed by atoms with Crippen LogP contribution in [0.15, 0.2) is 39.8 Å². The number of benzene rings is 1. The third kappa shape index (κ3) is 3.08. The number of fused-ring (bicyclic) bond motifs is 1. The van der Waals surface area contributed by atoms with Crippen molar-refractivity contribution in [3.63, 3.8) is 0 Å². The van der Waals surface area contributed by atoms with Crippen LogP contribution >= 0.6 is 0 Å². The molecule has 2 N–H and O–H groups in total. The molecule has 2 rings (SSSR count). The van der Waals surface area contributed by atoms with E-state index in [0.717, 1.165) is 0 Å². The summed E-state index contributed by atoms with van der Waals surface area (Å²) in [4.78, 5) is 11.2. The van der Waals surface area contributed by atoms with Crippen LogP contribution in [-0.4, -0.2) is 25.5 Å². The van der Waals surface area contributed by atoms with Gasteiger partial charge >= 0.3 is 5.97 Å². The van der Waals surface area contributed by atoms with E-state index in [1.807, 2.05) is 6.92 Å². The molecule has 0 amide bonds. The van der Waals surface area contributed by atoms with Gasteiger partial charge in [0, 0.05) is 5.39 Å². The standard InChI is InChI=1S/C14H17NO5S/c1-3-9(2)12(14(16)17)15-21(18,19)11-6-4-5-10-7-8-20-13(10)11/h4-9,12,15H,3H2,1-2H3,(H,16,17)/t9-,12-/m0/s1. The van der Waals surface area contributed by atoms with Crippen LogP contribution in [0.2, 0.25) is 0 Å². The summed E-state index contributed by atoms with van der Waals surface area (Å²) in [6.45, 7) is 3.50. The molecule has 21 heavy (non-hydrogen) atoms. The molecule has 0 radical (unpaired) electrons. The molecule has 7 heteroatoms. The highest BCUT2D eigenvalue weighted by atomic mass is 32.2. The molecule has 0 bridgehead atoms. The van der Waals surface area contributed by atoms with Crippen LogP contribution in [0.25, 0.3) is 11.0 Å². The fraction of sp³-hybridized carbons (Fsp3) is 0.357. The van der Waals surface area contributed by atoms with Gasteiger partial charge in [0.2, 0.25) is 10.0 Å². The van der Waals surface area contributed by atoms with Crippen molar-refractivity contribution in [1.29, 1.82) is 0 Å². The Hall–Kier alpha value is -1.86. The molecule has 0 unspecified atom stereocenters. The monoisotopic (exact) mass is 311 g/mol. The predicted molar refractivity (Wildman–Crippen MR) is 77.4 cm³/mol. The first-order chi connectivity index (χ1) is 9.86. The molecule has 0 aliphatic heterocycles. The Bertz CT molecular complexity index is 750.